The molecule has 0 heterocycles. The van der Waals surface area contributed by atoms with E-state index in [9.17, 15) is 18.3 Å². The van der Waals surface area contributed by atoms with Crippen molar-refractivity contribution in [3.63, 3.8) is 0 Å². The second-order valence-corrected chi connectivity index (χ2v) is 10.5. The third-order valence-corrected chi connectivity index (χ3v) is 7.60. The first-order chi connectivity index (χ1) is 16.3. The van der Waals surface area contributed by atoms with Crippen molar-refractivity contribution >= 4 is 51.3 Å². The molecule has 0 amide bonds. The molecule has 0 radical (unpaired) electrons. The van der Waals surface area contributed by atoms with Gasteiger partial charge in [-0.15, -0.1) is 16.1 Å². The smallest absolute Gasteiger partial charge is 0.395 e. The van der Waals surface area contributed by atoms with Gasteiger partial charge in [-0.05, 0) is 49.2 Å². The van der Waals surface area contributed by atoms with E-state index in [1.165, 1.54) is 0 Å². The Labute approximate surface area is 214 Å². The van der Waals surface area contributed by atoms with Crippen LogP contribution in [0.25, 0.3) is 0 Å². The minimum atomic E-state index is -4.44. The quantitative estimate of drug-likeness (QED) is 0.0433. The highest BCUT2D eigenvalue weighted by Gasteiger charge is 2.30. The number of benzene rings is 2. The van der Waals surface area contributed by atoms with E-state index in [1.807, 2.05) is 37.3 Å². The number of hydrogen-bond acceptors (Lipinski definition) is 10. The third kappa shape index (κ3) is 11.7. The largest absolute Gasteiger partial charge is 0.454 e. The number of nitrogens with one attached hydrogen (secondary N) is 1. The molecule has 0 saturated carbocycles. The van der Waals surface area contributed by atoms with E-state index in [-0.39, 0.29) is 29.5 Å². The van der Waals surface area contributed by atoms with Gasteiger partial charge in [0.2, 0.25) is 0 Å². The van der Waals surface area contributed by atoms with E-state index in [0.717, 1.165) is 42.1 Å². The lowest BCUT2D eigenvalue weighted by Gasteiger charge is -2.25. The minimum Gasteiger partial charge on any atom is -0.395 e. The van der Waals surface area contributed by atoms with E-state index < -0.39 is 16.3 Å². The van der Waals surface area contributed by atoms with Crippen molar-refractivity contribution in [3.8, 4) is 5.75 Å². The third-order valence-electron chi connectivity index (χ3n) is 4.58. The van der Waals surface area contributed by atoms with Crippen molar-refractivity contribution in [3.05, 3.63) is 48.5 Å². The Kier molecular flexibility index (Phi) is 13.7. The first-order valence-electron chi connectivity index (χ1n) is 10.4. The minimum absolute atomic E-state index is 0.00822. The molecule has 0 aromatic heterocycles. The number of halogens is 3. The first kappa shape index (κ1) is 29.3. The average Bonchev–Trinajstić information content (AvgIpc) is 2.83. The van der Waals surface area contributed by atoms with Gasteiger partial charge in [-0.3, -0.25) is 5.14 Å². The molecule has 2 rings (SSSR count). The topological polar surface area (TPSA) is 80.0 Å². The van der Waals surface area contributed by atoms with Crippen molar-refractivity contribution in [2.75, 3.05) is 37.3 Å². The molecule has 0 aliphatic rings. The van der Waals surface area contributed by atoms with Crippen LogP contribution in [0.3, 0.4) is 0 Å². The van der Waals surface area contributed by atoms with Crippen LogP contribution in [0, 0.1) is 0 Å². The van der Waals surface area contributed by atoms with Crippen LogP contribution in [0.15, 0.2) is 58.3 Å². The van der Waals surface area contributed by atoms with Crippen molar-refractivity contribution < 1.29 is 27.5 Å². The van der Waals surface area contributed by atoms with Crippen LogP contribution in [0.1, 0.15) is 13.3 Å². The molecule has 13 heteroatoms. The SMILES string of the molecule is CCN(CCO)CCC(CSc1ccccc1)Nc1ccc(SN)cc1OOSSC(F)(F)F. The van der Waals surface area contributed by atoms with E-state index in [2.05, 4.69) is 10.2 Å². The molecule has 0 aliphatic heterocycles. The molecule has 6 nitrogen and oxygen atoms in total. The predicted molar refractivity (Wildman–Crippen MR) is 138 cm³/mol. The van der Waals surface area contributed by atoms with Gasteiger partial charge in [-0.1, -0.05) is 25.1 Å². The van der Waals surface area contributed by atoms with Gasteiger partial charge in [0, 0.05) is 40.7 Å². The van der Waals surface area contributed by atoms with Gasteiger partial charge in [0.25, 0.3) is 0 Å². The molecule has 34 heavy (non-hydrogen) atoms. The van der Waals surface area contributed by atoms with Crippen LogP contribution < -0.4 is 15.3 Å². The number of likely N-dealkylation sites (N-methyl/N-ethyl adjacent to an activating group) is 1. The highest BCUT2D eigenvalue weighted by molar-refractivity contribution is 8.75. The fourth-order valence-electron chi connectivity index (χ4n) is 2.91. The number of hydrogen-bond donors (Lipinski definition) is 3. The van der Waals surface area contributed by atoms with Gasteiger partial charge in [0.15, 0.2) is 5.75 Å². The summed E-state index contributed by atoms with van der Waals surface area (Å²) in [6.45, 7) is 4.31. The fourth-order valence-corrected chi connectivity index (χ4v) is 4.82. The molecule has 4 N–H and O–H groups in total. The first-order valence-corrected chi connectivity index (χ1v) is 14.3. The zero-order valence-electron chi connectivity index (χ0n) is 18.5. The van der Waals surface area contributed by atoms with Gasteiger partial charge in [-0.2, -0.15) is 13.2 Å². The number of aliphatic hydroxyl groups is 1. The van der Waals surface area contributed by atoms with E-state index in [1.54, 1.807) is 30.0 Å². The summed E-state index contributed by atoms with van der Waals surface area (Å²) in [5.41, 5.74) is -3.86. The maximum absolute atomic E-state index is 12.4. The normalized spacial score (nSPS) is 12.7. The Morgan fingerprint density at radius 2 is 1.88 bits per heavy atom. The van der Waals surface area contributed by atoms with E-state index in [4.69, 9.17) is 14.4 Å². The van der Waals surface area contributed by atoms with E-state index in [0.29, 0.717) is 17.1 Å². The summed E-state index contributed by atoms with van der Waals surface area (Å²) in [7, 11) is -0.403. The molecule has 0 spiro atoms. The zero-order valence-corrected chi connectivity index (χ0v) is 21.8. The number of alkyl halides is 3. The Hall–Kier alpha value is -0.930. The molecule has 1 atom stereocenters. The fraction of sp³-hybridized carbons (Fsp3) is 0.429. The highest BCUT2D eigenvalue weighted by atomic mass is 33.1. The molecular formula is C21H28F3N3O3S4. The highest BCUT2D eigenvalue weighted by Crippen LogP contribution is 2.41. The second-order valence-electron chi connectivity index (χ2n) is 6.94. The van der Waals surface area contributed by atoms with Gasteiger partial charge >= 0.3 is 5.51 Å². The Balaban J connectivity index is 2.11. The van der Waals surface area contributed by atoms with Crippen molar-refractivity contribution in [2.24, 2.45) is 5.14 Å². The molecule has 0 bridgehead atoms. The predicted octanol–water partition coefficient (Wildman–Crippen LogP) is 6.06. The molecular weight excluding hydrogens is 528 g/mol. The standard InChI is InChI=1S/C21H28F3N3O3S4/c1-2-27(12-13-28)11-10-16(15-31-17-6-4-3-5-7-17)26-19-9-8-18(32-25)14-20(19)29-30-34-33-21(22,23)24/h3-9,14,16,26,28H,2,10-13,15,25H2,1H3. The summed E-state index contributed by atoms with van der Waals surface area (Å²) >= 11 is 2.79. The summed E-state index contributed by atoms with van der Waals surface area (Å²) in [5.74, 6) is 0.982. The molecule has 0 saturated heterocycles. The molecule has 0 fully saturated rings. The maximum Gasteiger partial charge on any atom is 0.454 e. The lowest BCUT2D eigenvalue weighted by atomic mass is 10.2. The Bertz CT molecular complexity index is 838. The monoisotopic (exact) mass is 555 g/mol. The summed E-state index contributed by atoms with van der Waals surface area (Å²) in [4.78, 5) is 9.14. The number of aliphatic hydroxyl groups excluding tert-OH is 1. The zero-order chi connectivity index (χ0) is 24.8. The van der Waals surface area contributed by atoms with Crippen molar-refractivity contribution in [1.82, 2.24) is 4.90 Å². The van der Waals surface area contributed by atoms with Crippen LogP contribution in [0.4, 0.5) is 18.9 Å². The Morgan fingerprint density at radius 3 is 2.53 bits per heavy atom. The van der Waals surface area contributed by atoms with Gasteiger partial charge in [0.1, 0.15) is 11.1 Å². The van der Waals surface area contributed by atoms with Gasteiger partial charge in [-0.25, -0.2) is 0 Å². The van der Waals surface area contributed by atoms with Crippen LogP contribution >= 0.6 is 45.6 Å². The van der Waals surface area contributed by atoms with Crippen LogP contribution in [0.5, 0.6) is 5.75 Å². The van der Waals surface area contributed by atoms with Gasteiger partial charge < -0.3 is 20.2 Å². The molecule has 2 aromatic rings. The molecule has 0 aliphatic carbocycles. The van der Waals surface area contributed by atoms with Crippen molar-refractivity contribution in [1.29, 1.82) is 0 Å². The number of rotatable bonds is 16. The lowest BCUT2D eigenvalue weighted by Crippen LogP contribution is -2.33. The number of thioether (sulfide) groups is 1. The summed E-state index contributed by atoms with van der Waals surface area (Å²) in [5, 5.41) is 18.4. The van der Waals surface area contributed by atoms with Crippen molar-refractivity contribution in [2.45, 2.75) is 34.7 Å². The molecule has 1 unspecified atom stereocenters. The average molecular weight is 556 g/mol. The lowest BCUT2D eigenvalue weighted by molar-refractivity contribution is -0.0756. The summed E-state index contributed by atoms with van der Waals surface area (Å²) in [6.07, 6.45) is 0.778. The number of anilines is 1. The van der Waals surface area contributed by atoms with Crippen LogP contribution in [-0.2, 0) is 4.33 Å². The number of nitrogens with zero attached hydrogens (tertiary/aromatic N) is 1. The summed E-state index contributed by atoms with van der Waals surface area (Å²) < 4.78 is 41.8. The van der Waals surface area contributed by atoms with Crippen LogP contribution in [-0.4, -0.2) is 53.6 Å². The van der Waals surface area contributed by atoms with E-state index >= 15 is 0 Å². The Morgan fingerprint density at radius 1 is 1.12 bits per heavy atom. The van der Waals surface area contributed by atoms with Gasteiger partial charge in [0.05, 0.1) is 23.1 Å². The molecule has 2 aromatic carbocycles. The number of nitrogens with two attached hydrogens (primary N) is 1. The molecule has 190 valence electrons. The summed E-state index contributed by atoms with van der Waals surface area (Å²) in [6, 6.07) is 15.2. The maximum atomic E-state index is 12.4. The second kappa shape index (κ2) is 15.9. The van der Waals surface area contributed by atoms with Crippen LogP contribution in [0.2, 0.25) is 0 Å².